The van der Waals surface area contributed by atoms with Crippen LogP contribution >= 0.6 is 0 Å². The second-order valence-corrected chi connectivity index (χ2v) is 6.81. The van der Waals surface area contributed by atoms with Gasteiger partial charge in [0.15, 0.2) is 0 Å². The molecule has 0 aliphatic carbocycles. The SMILES string of the molecule is COc1ccc(-c2nn(-c3ccccc3)cc2C(=O)Nc2ccc(OC)cc2N)cc1. The van der Waals surface area contributed by atoms with Gasteiger partial charge in [0.2, 0.25) is 0 Å². The standard InChI is InChI=1S/C24H22N4O3/c1-30-18-10-8-16(9-11-18)23-20(15-28(27-23)17-6-4-3-5-7-17)24(29)26-22-13-12-19(31-2)14-21(22)25/h3-15H,25H2,1-2H3,(H,26,29). The molecule has 0 saturated carbocycles. The van der Waals surface area contributed by atoms with Crippen molar-refractivity contribution in [2.75, 3.05) is 25.3 Å². The van der Waals surface area contributed by atoms with E-state index in [1.54, 1.807) is 43.3 Å². The van der Waals surface area contributed by atoms with Crippen LogP contribution in [0.25, 0.3) is 16.9 Å². The summed E-state index contributed by atoms with van der Waals surface area (Å²) in [5, 5.41) is 7.56. The lowest BCUT2D eigenvalue weighted by Gasteiger charge is -2.10. The van der Waals surface area contributed by atoms with Crippen LogP contribution in [-0.2, 0) is 0 Å². The molecule has 1 amide bonds. The first-order chi connectivity index (χ1) is 15.1. The number of nitrogens with one attached hydrogen (secondary N) is 1. The van der Waals surface area contributed by atoms with Crippen molar-refractivity contribution in [2.24, 2.45) is 0 Å². The average Bonchev–Trinajstić information content (AvgIpc) is 3.26. The summed E-state index contributed by atoms with van der Waals surface area (Å²) in [6.07, 6.45) is 1.71. The number of anilines is 2. The molecule has 0 aliphatic rings. The van der Waals surface area contributed by atoms with E-state index in [0.717, 1.165) is 17.0 Å². The highest BCUT2D eigenvalue weighted by Gasteiger charge is 2.20. The molecule has 0 atom stereocenters. The van der Waals surface area contributed by atoms with Gasteiger partial charge >= 0.3 is 0 Å². The monoisotopic (exact) mass is 414 g/mol. The van der Waals surface area contributed by atoms with Crippen LogP contribution in [0.5, 0.6) is 11.5 Å². The molecule has 0 radical (unpaired) electrons. The van der Waals surface area contributed by atoms with E-state index in [4.69, 9.17) is 15.2 Å². The van der Waals surface area contributed by atoms with Crippen molar-refractivity contribution in [1.82, 2.24) is 9.78 Å². The van der Waals surface area contributed by atoms with E-state index in [0.29, 0.717) is 28.4 Å². The highest BCUT2D eigenvalue weighted by Crippen LogP contribution is 2.28. The van der Waals surface area contributed by atoms with Crippen LogP contribution in [0.1, 0.15) is 10.4 Å². The third-order valence-electron chi connectivity index (χ3n) is 4.85. The Bertz CT molecular complexity index is 1200. The molecular weight excluding hydrogens is 392 g/mol. The molecule has 1 aromatic heterocycles. The molecule has 3 aromatic carbocycles. The average molecular weight is 414 g/mol. The van der Waals surface area contributed by atoms with Crippen molar-refractivity contribution in [2.45, 2.75) is 0 Å². The van der Waals surface area contributed by atoms with Crippen molar-refractivity contribution in [3.8, 4) is 28.4 Å². The lowest BCUT2D eigenvalue weighted by molar-refractivity contribution is 0.102. The maximum Gasteiger partial charge on any atom is 0.259 e. The number of methoxy groups -OCH3 is 2. The number of rotatable bonds is 6. The lowest BCUT2D eigenvalue weighted by atomic mass is 10.1. The molecule has 1 heterocycles. The quantitative estimate of drug-likeness (QED) is 0.457. The number of hydrogen-bond donors (Lipinski definition) is 2. The largest absolute Gasteiger partial charge is 0.497 e. The van der Waals surface area contributed by atoms with E-state index in [-0.39, 0.29) is 5.91 Å². The fourth-order valence-corrected chi connectivity index (χ4v) is 3.19. The van der Waals surface area contributed by atoms with Crippen LogP contribution in [0.2, 0.25) is 0 Å². The third kappa shape index (κ3) is 4.20. The van der Waals surface area contributed by atoms with Gasteiger partial charge in [-0.25, -0.2) is 4.68 Å². The fraction of sp³-hybridized carbons (Fsp3) is 0.0833. The molecule has 0 unspecified atom stereocenters. The van der Waals surface area contributed by atoms with E-state index < -0.39 is 0 Å². The highest BCUT2D eigenvalue weighted by molar-refractivity contribution is 6.09. The Morgan fingerprint density at radius 2 is 1.61 bits per heavy atom. The second kappa shape index (κ2) is 8.62. The Labute approximate surface area is 180 Å². The Hall–Kier alpha value is -4.26. The molecule has 31 heavy (non-hydrogen) atoms. The lowest BCUT2D eigenvalue weighted by Crippen LogP contribution is -2.13. The summed E-state index contributed by atoms with van der Waals surface area (Å²) in [4.78, 5) is 13.2. The predicted octanol–water partition coefficient (Wildman–Crippen LogP) is 4.39. The van der Waals surface area contributed by atoms with Crippen LogP contribution in [-0.4, -0.2) is 29.9 Å². The van der Waals surface area contributed by atoms with Gasteiger partial charge in [-0.1, -0.05) is 18.2 Å². The number of carbonyl (C=O) groups excluding carboxylic acids is 1. The van der Waals surface area contributed by atoms with Gasteiger partial charge in [0, 0.05) is 17.8 Å². The molecule has 3 N–H and O–H groups in total. The molecule has 0 aliphatic heterocycles. The number of hydrogen-bond acceptors (Lipinski definition) is 5. The van der Waals surface area contributed by atoms with Gasteiger partial charge < -0.3 is 20.5 Å². The summed E-state index contributed by atoms with van der Waals surface area (Å²) < 4.78 is 12.1. The van der Waals surface area contributed by atoms with E-state index in [1.807, 2.05) is 54.6 Å². The first-order valence-electron chi connectivity index (χ1n) is 9.63. The number of benzene rings is 3. The minimum absolute atomic E-state index is 0.315. The van der Waals surface area contributed by atoms with E-state index >= 15 is 0 Å². The zero-order valence-electron chi connectivity index (χ0n) is 17.2. The van der Waals surface area contributed by atoms with Crippen molar-refractivity contribution >= 4 is 17.3 Å². The van der Waals surface area contributed by atoms with Gasteiger partial charge in [0.05, 0.1) is 36.8 Å². The Kier molecular flexibility index (Phi) is 5.57. The number of nitrogens with two attached hydrogens (primary N) is 1. The van der Waals surface area contributed by atoms with Crippen molar-refractivity contribution < 1.29 is 14.3 Å². The van der Waals surface area contributed by atoms with Crippen molar-refractivity contribution in [3.05, 3.63) is 84.6 Å². The van der Waals surface area contributed by atoms with Crippen LogP contribution in [0.15, 0.2) is 79.0 Å². The summed E-state index contributed by atoms with van der Waals surface area (Å²) >= 11 is 0. The second-order valence-electron chi connectivity index (χ2n) is 6.81. The van der Waals surface area contributed by atoms with Gasteiger partial charge in [-0.3, -0.25) is 4.79 Å². The fourth-order valence-electron chi connectivity index (χ4n) is 3.19. The summed E-state index contributed by atoms with van der Waals surface area (Å²) in [6, 6.07) is 22.1. The van der Waals surface area contributed by atoms with Gasteiger partial charge in [-0.15, -0.1) is 0 Å². The first kappa shape index (κ1) is 20.0. The molecule has 4 aromatic rings. The van der Waals surface area contributed by atoms with E-state index in [2.05, 4.69) is 10.4 Å². The summed E-state index contributed by atoms with van der Waals surface area (Å²) in [5.74, 6) is 1.03. The summed E-state index contributed by atoms with van der Waals surface area (Å²) in [7, 11) is 3.17. The maximum atomic E-state index is 13.2. The minimum atomic E-state index is -0.315. The summed E-state index contributed by atoms with van der Waals surface area (Å²) in [5.41, 5.74) is 9.60. The molecule has 7 nitrogen and oxygen atoms in total. The van der Waals surface area contributed by atoms with Crippen LogP contribution in [0, 0.1) is 0 Å². The number of amides is 1. The maximum absolute atomic E-state index is 13.2. The molecule has 4 rings (SSSR count). The molecule has 0 fully saturated rings. The zero-order valence-corrected chi connectivity index (χ0v) is 17.2. The molecule has 0 saturated heterocycles. The predicted molar refractivity (Wildman–Crippen MR) is 121 cm³/mol. The van der Waals surface area contributed by atoms with Crippen molar-refractivity contribution in [1.29, 1.82) is 0 Å². The van der Waals surface area contributed by atoms with Gasteiger partial charge in [-0.05, 0) is 48.5 Å². The Morgan fingerprint density at radius 3 is 2.26 bits per heavy atom. The third-order valence-corrected chi connectivity index (χ3v) is 4.85. The number of nitrogen functional groups attached to an aromatic ring is 1. The van der Waals surface area contributed by atoms with Crippen LogP contribution in [0.4, 0.5) is 11.4 Å². The van der Waals surface area contributed by atoms with Gasteiger partial charge in [0.25, 0.3) is 5.91 Å². The van der Waals surface area contributed by atoms with E-state index in [9.17, 15) is 4.79 Å². The molecule has 0 spiro atoms. The van der Waals surface area contributed by atoms with E-state index in [1.165, 1.54) is 0 Å². The summed E-state index contributed by atoms with van der Waals surface area (Å²) in [6.45, 7) is 0. The smallest absolute Gasteiger partial charge is 0.259 e. The molecular formula is C24H22N4O3. The number of nitrogens with zero attached hydrogens (tertiary/aromatic N) is 2. The Balaban J connectivity index is 1.74. The zero-order chi connectivity index (χ0) is 21.8. The van der Waals surface area contributed by atoms with Gasteiger partial charge in [-0.2, -0.15) is 5.10 Å². The van der Waals surface area contributed by atoms with Crippen LogP contribution < -0.4 is 20.5 Å². The van der Waals surface area contributed by atoms with Crippen molar-refractivity contribution in [3.63, 3.8) is 0 Å². The number of ether oxygens (including phenoxy) is 2. The Morgan fingerprint density at radius 1 is 0.935 bits per heavy atom. The normalized spacial score (nSPS) is 10.5. The minimum Gasteiger partial charge on any atom is -0.497 e. The van der Waals surface area contributed by atoms with Crippen LogP contribution in [0.3, 0.4) is 0 Å². The first-order valence-corrected chi connectivity index (χ1v) is 9.63. The van der Waals surface area contributed by atoms with Gasteiger partial charge in [0.1, 0.15) is 17.2 Å². The highest BCUT2D eigenvalue weighted by atomic mass is 16.5. The molecule has 156 valence electrons. The topological polar surface area (TPSA) is 91.4 Å². The number of aromatic nitrogens is 2. The molecule has 0 bridgehead atoms. The molecule has 7 heteroatoms. The number of para-hydroxylation sites is 1. The number of carbonyl (C=O) groups is 1.